The average Bonchev–Trinajstić information content (AvgIpc) is 2.85. The lowest BCUT2D eigenvalue weighted by molar-refractivity contribution is 0.0241. The third kappa shape index (κ3) is 3.38. The van der Waals surface area contributed by atoms with Gasteiger partial charge in [-0.25, -0.2) is 4.79 Å². The van der Waals surface area contributed by atoms with Crippen LogP contribution in [0, 0.1) is 0 Å². The molecule has 0 bridgehead atoms. The molecule has 0 spiro atoms. The molecule has 7 heteroatoms. The fourth-order valence-electron chi connectivity index (χ4n) is 2.74. The molecule has 0 radical (unpaired) electrons. The van der Waals surface area contributed by atoms with Crippen LogP contribution < -0.4 is 4.90 Å². The predicted octanol–water partition coefficient (Wildman–Crippen LogP) is 2.03. The lowest BCUT2D eigenvalue weighted by Gasteiger charge is -2.36. The van der Waals surface area contributed by atoms with Gasteiger partial charge in [-0.15, -0.1) is 0 Å². The number of nitrogens with zero attached hydrogens (tertiary/aromatic N) is 5. The molecule has 1 aromatic heterocycles. The average molecular weight is 317 g/mol. The molecule has 0 atom stereocenters. The quantitative estimate of drug-likeness (QED) is 0.805. The van der Waals surface area contributed by atoms with Gasteiger partial charge in [0.2, 0.25) is 0 Å². The molecule has 1 amide bonds. The Hall–Kier alpha value is -2.31. The van der Waals surface area contributed by atoms with Gasteiger partial charge in [0.1, 0.15) is 16.6 Å². The fraction of sp³-hybridized carbons (Fsp3) is 0.562. The largest absolute Gasteiger partial charge is 0.444 e. The van der Waals surface area contributed by atoms with Crippen molar-refractivity contribution in [1.82, 2.24) is 19.9 Å². The van der Waals surface area contributed by atoms with E-state index in [-0.39, 0.29) is 6.09 Å². The van der Waals surface area contributed by atoms with E-state index in [1.165, 1.54) is 0 Å². The summed E-state index contributed by atoms with van der Waals surface area (Å²) < 4.78 is 5.43. The van der Waals surface area contributed by atoms with Crippen LogP contribution in [0.1, 0.15) is 20.8 Å². The SMILES string of the molecule is Cn1nc2cccc(N3CCN(C(=O)OC(C)(C)C)CC3)c2n1. The van der Waals surface area contributed by atoms with Crippen molar-refractivity contribution >= 4 is 22.8 Å². The highest BCUT2D eigenvalue weighted by atomic mass is 16.6. The third-order valence-corrected chi connectivity index (χ3v) is 3.76. The number of fused-ring (bicyclic) bond motifs is 1. The number of aromatic nitrogens is 3. The molecule has 23 heavy (non-hydrogen) atoms. The minimum Gasteiger partial charge on any atom is -0.444 e. The van der Waals surface area contributed by atoms with Gasteiger partial charge in [-0.3, -0.25) is 0 Å². The summed E-state index contributed by atoms with van der Waals surface area (Å²) >= 11 is 0. The van der Waals surface area contributed by atoms with Gasteiger partial charge >= 0.3 is 6.09 Å². The van der Waals surface area contributed by atoms with Crippen molar-refractivity contribution in [2.45, 2.75) is 26.4 Å². The normalized spacial score (nSPS) is 16.0. The fourth-order valence-corrected chi connectivity index (χ4v) is 2.74. The number of aryl methyl sites for hydroxylation is 1. The lowest BCUT2D eigenvalue weighted by Crippen LogP contribution is -2.50. The standard InChI is InChI=1S/C16H23N5O2/c1-16(2,3)23-15(22)21-10-8-20(9-11-21)13-7-5-6-12-14(13)18-19(4)17-12/h5-7H,8-11H2,1-4H3. The monoisotopic (exact) mass is 317 g/mol. The molecular weight excluding hydrogens is 294 g/mol. The maximum Gasteiger partial charge on any atom is 0.410 e. The van der Waals surface area contributed by atoms with E-state index in [0.29, 0.717) is 13.1 Å². The summed E-state index contributed by atoms with van der Waals surface area (Å²) in [7, 11) is 1.82. The van der Waals surface area contributed by atoms with Crippen LogP contribution in [-0.4, -0.2) is 57.8 Å². The first-order valence-corrected chi connectivity index (χ1v) is 7.86. The number of anilines is 1. The van der Waals surface area contributed by atoms with Crippen LogP contribution in [0.15, 0.2) is 18.2 Å². The Morgan fingerprint density at radius 1 is 1.13 bits per heavy atom. The molecular formula is C16H23N5O2. The molecule has 0 aliphatic carbocycles. The van der Waals surface area contributed by atoms with Gasteiger partial charge < -0.3 is 14.5 Å². The number of hydrogen-bond acceptors (Lipinski definition) is 5. The van der Waals surface area contributed by atoms with Gasteiger partial charge in [0.25, 0.3) is 0 Å². The molecule has 1 aliphatic rings. The highest BCUT2D eigenvalue weighted by molar-refractivity contribution is 5.88. The lowest BCUT2D eigenvalue weighted by atomic mass is 10.2. The second kappa shape index (κ2) is 5.72. The van der Waals surface area contributed by atoms with Gasteiger partial charge in [-0.05, 0) is 32.9 Å². The van der Waals surface area contributed by atoms with Crippen LogP contribution in [0.5, 0.6) is 0 Å². The number of carbonyl (C=O) groups is 1. The molecule has 1 fully saturated rings. The van der Waals surface area contributed by atoms with E-state index in [1.807, 2.05) is 40.0 Å². The smallest absolute Gasteiger partial charge is 0.410 e. The van der Waals surface area contributed by atoms with Crippen molar-refractivity contribution in [3.63, 3.8) is 0 Å². The van der Waals surface area contributed by atoms with Crippen LogP contribution in [-0.2, 0) is 11.8 Å². The minimum atomic E-state index is -0.459. The van der Waals surface area contributed by atoms with E-state index >= 15 is 0 Å². The van der Waals surface area contributed by atoms with Crippen LogP contribution in [0.25, 0.3) is 11.0 Å². The summed E-state index contributed by atoms with van der Waals surface area (Å²) in [6, 6.07) is 6.01. The summed E-state index contributed by atoms with van der Waals surface area (Å²) in [5.41, 5.74) is 2.40. The van der Waals surface area contributed by atoms with Crippen LogP contribution >= 0.6 is 0 Å². The number of carbonyl (C=O) groups excluding carboxylic acids is 1. The van der Waals surface area contributed by atoms with Crippen molar-refractivity contribution in [1.29, 1.82) is 0 Å². The summed E-state index contributed by atoms with van der Waals surface area (Å²) in [5, 5.41) is 8.80. The molecule has 1 aromatic carbocycles. The van der Waals surface area contributed by atoms with Crippen LogP contribution in [0.2, 0.25) is 0 Å². The van der Waals surface area contributed by atoms with Crippen molar-refractivity contribution in [3.8, 4) is 0 Å². The maximum atomic E-state index is 12.1. The van der Waals surface area contributed by atoms with E-state index in [2.05, 4.69) is 21.2 Å². The summed E-state index contributed by atoms with van der Waals surface area (Å²) in [6.45, 7) is 8.46. The second-order valence-corrected chi connectivity index (χ2v) is 6.79. The van der Waals surface area contributed by atoms with Crippen LogP contribution in [0.3, 0.4) is 0 Å². The van der Waals surface area contributed by atoms with Crippen molar-refractivity contribution in [2.24, 2.45) is 7.05 Å². The number of benzene rings is 1. The zero-order chi connectivity index (χ0) is 16.6. The number of hydrogen-bond donors (Lipinski definition) is 0. The number of rotatable bonds is 1. The van der Waals surface area contributed by atoms with Gasteiger partial charge in [0, 0.05) is 33.2 Å². The number of piperazine rings is 1. The summed E-state index contributed by atoms with van der Waals surface area (Å²) in [4.78, 5) is 17.7. The predicted molar refractivity (Wildman–Crippen MR) is 88.5 cm³/mol. The summed E-state index contributed by atoms with van der Waals surface area (Å²) in [5.74, 6) is 0. The van der Waals surface area contributed by atoms with E-state index in [4.69, 9.17) is 4.74 Å². The van der Waals surface area contributed by atoms with E-state index < -0.39 is 5.60 Å². The Morgan fingerprint density at radius 3 is 2.48 bits per heavy atom. The zero-order valence-electron chi connectivity index (χ0n) is 14.1. The molecule has 124 valence electrons. The third-order valence-electron chi connectivity index (χ3n) is 3.76. The van der Waals surface area contributed by atoms with Gasteiger partial charge in [0.05, 0.1) is 5.69 Å². The van der Waals surface area contributed by atoms with E-state index in [0.717, 1.165) is 29.8 Å². The molecule has 7 nitrogen and oxygen atoms in total. The number of amides is 1. The van der Waals surface area contributed by atoms with Crippen molar-refractivity contribution in [2.75, 3.05) is 31.1 Å². The van der Waals surface area contributed by atoms with E-state index in [9.17, 15) is 4.79 Å². The van der Waals surface area contributed by atoms with Gasteiger partial charge in [-0.1, -0.05) is 6.07 Å². The Balaban J connectivity index is 1.70. The molecule has 2 heterocycles. The molecule has 1 saturated heterocycles. The Bertz CT molecular complexity index is 711. The molecule has 1 aliphatic heterocycles. The first kappa shape index (κ1) is 15.6. The second-order valence-electron chi connectivity index (χ2n) is 6.79. The van der Waals surface area contributed by atoms with Gasteiger partial charge in [-0.2, -0.15) is 15.0 Å². The van der Waals surface area contributed by atoms with Crippen molar-refractivity contribution in [3.05, 3.63) is 18.2 Å². The Kier molecular flexibility index (Phi) is 3.87. The van der Waals surface area contributed by atoms with E-state index in [1.54, 1.807) is 9.70 Å². The molecule has 0 saturated carbocycles. The van der Waals surface area contributed by atoms with Crippen molar-refractivity contribution < 1.29 is 9.53 Å². The minimum absolute atomic E-state index is 0.241. The zero-order valence-corrected chi connectivity index (χ0v) is 14.1. The first-order valence-electron chi connectivity index (χ1n) is 7.86. The molecule has 0 unspecified atom stereocenters. The molecule has 0 N–H and O–H groups in total. The first-order chi connectivity index (χ1) is 10.8. The summed E-state index contributed by atoms with van der Waals surface area (Å²) in [6.07, 6.45) is -0.241. The molecule has 2 aromatic rings. The number of ether oxygens (including phenoxy) is 1. The Labute approximate surface area is 135 Å². The molecule has 3 rings (SSSR count). The van der Waals surface area contributed by atoms with Crippen LogP contribution in [0.4, 0.5) is 10.5 Å². The topological polar surface area (TPSA) is 63.5 Å². The van der Waals surface area contributed by atoms with Gasteiger partial charge in [0.15, 0.2) is 0 Å². The highest BCUT2D eigenvalue weighted by Gasteiger charge is 2.26. The maximum absolute atomic E-state index is 12.1. The highest BCUT2D eigenvalue weighted by Crippen LogP contribution is 2.25. The Morgan fingerprint density at radius 2 is 1.83 bits per heavy atom.